The molecule has 1 N–H and O–H groups in total. The van der Waals surface area contributed by atoms with Crippen molar-refractivity contribution >= 4 is 17.6 Å². The maximum absolute atomic E-state index is 10.8. The van der Waals surface area contributed by atoms with E-state index < -0.39 is 24.5 Å². The van der Waals surface area contributed by atoms with E-state index >= 15 is 0 Å². The standard InChI is InChI=1S/C6H7ClO4/c7-2-1-3-4(8)5(9)11-6(2)10-3/h2-4,6,8H,1H2. The number of aliphatic hydroxyl groups is 1. The third-order valence-corrected chi connectivity index (χ3v) is 2.27. The molecule has 2 aliphatic heterocycles. The third kappa shape index (κ3) is 1.02. The van der Waals surface area contributed by atoms with Gasteiger partial charge in [-0.05, 0) is 6.42 Å². The molecule has 0 aromatic rings. The predicted molar refractivity (Wildman–Crippen MR) is 35.0 cm³/mol. The number of hydrogen-bond donors (Lipinski definition) is 1. The molecule has 0 radical (unpaired) electrons. The second kappa shape index (κ2) is 2.33. The average molecular weight is 179 g/mol. The maximum atomic E-state index is 10.8. The van der Waals surface area contributed by atoms with E-state index in [1.165, 1.54) is 0 Å². The molecule has 11 heavy (non-hydrogen) atoms. The van der Waals surface area contributed by atoms with Crippen LogP contribution >= 0.6 is 11.6 Å². The largest absolute Gasteiger partial charge is 0.432 e. The smallest absolute Gasteiger partial charge is 0.340 e. The number of hydrogen-bond acceptors (Lipinski definition) is 4. The van der Waals surface area contributed by atoms with Crippen molar-refractivity contribution in [2.45, 2.75) is 30.3 Å². The number of ether oxygens (including phenoxy) is 2. The molecule has 0 saturated carbocycles. The molecule has 5 heteroatoms. The first kappa shape index (κ1) is 7.34. The van der Waals surface area contributed by atoms with Crippen LogP contribution in [0.25, 0.3) is 0 Å². The number of alkyl halides is 1. The van der Waals surface area contributed by atoms with Crippen molar-refractivity contribution in [1.82, 2.24) is 0 Å². The van der Waals surface area contributed by atoms with Crippen LogP contribution in [-0.4, -0.2) is 35.0 Å². The van der Waals surface area contributed by atoms with Crippen molar-refractivity contribution in [3.05, 3.63) is 0 Å². The quantitative estimate of drug-likeness (QED) is 0.406. The van der Waals surface area contributed by atoms with Gasteiger partial charge in [-0.25, -0.2) is 4.79 Å². The van der Waals surface area contributed by atoms with E-state index in [0.717, 1.165) is 0 Å². The van der Waals surface area contributed by atoms with Gasteiger partial charge in [0.2, 0.25) is 6.29 Å². The van der Waals surface area contributed by atoms with Crippen molar-refractivity contribution in [3.8, 4) is 0 Å². The number of carbonyl (C=O) groups is 1. The normalized spacial score (nSPS) is 49.1. The fraction of sp³-hybridized carbons (Fsp3) is 0.833. The van der Waals surface area contributed by atoms with Crippen molar-refractivity contribution in [1.29, 1.82) is 0 Å². The van der Waals surface area contributed by atoms with Crippen LogP contribution in [0, 0.1) is 0 Å². The molecule has 0 amide bonds. The summed E-state index contributed by atoms with van der Waals surface area (Å²) in [4.78, 5) is 10.8. The molecular formula is C6H7ClO4. The Morgan fingerprint density at radius 2 is 2.36 bits per heavy atom. The zero-order chi connectivity index (χ0) is 8.01. The van der Waals surface area contributed by atoms with Crippen LogP contribution in [0.5, 0.6) is 0 Å². The SMILES string of the molecule is O=C1OC2OC(CC2Cl)C1O. The van der Waals surface area contributed by atoms with Gasteiger partial charge in [0.05, 0.1) is 5.38 Å². The lowest BCUT2D eigenvalue weighted by atomic mass is 10.1. The molecule has 2 saturated heterocycles. The molecule has 2 heterocycles. The minimum absolute atomic E-state index is 0.318. The fourth-order valence-electron chi connectivity index (χ4n) is 1.29. The van der Waals surface area contributed by atoms with E-state index in [4.69, 9.17) is 21.4 Å². The van der Waals surface area contributed by atoms with Gasteiger partial charge in [-0.2, -0.15) is 0 Å². The molecule has 4 atom stereocenters. The van der Waals surface area contributed by atoms with Crippen molar-refractivity contribution in [3.63, 3.8) is 0 Å². The monoisotopic (exact) mass is 178 g/mol. The molecule has 2 aliphatic rings. The zero-order valence-electron chi connectivity index (χ0n) is 5.57. The molecule has 4 unspecified atom stereocenters. The van der Waals surface area contributed by atoms with Gasteiger partial charge in [0, 0.05) is 0 Å². The Balaban J connectivity index is 2.18. The number of rotatable bonds is 0. The molecule has 0 aliphatic carbocycles. The number of aliphatic hydroxyl groups excluding tert-OH is 1. The minimum Gasteiger partial charge on any atom is -0.432 e. The Bertz CT molecular complexity index is 193. The Kier molecular flexibility index (Phi) is 1.56. The molecule has 2 fully saturated rings. The summed E-state index contributed by atoms with van der Waals surface area (Å²) in [6, 6.07) is 0. The Labute approximate surface area is 68.0 Å². The molecule has 2 bridgehead atoms. The van der Waals surface area contributed by atoms with E-state index in [-0.39, 0.29) is 5.38 Å². The van der Waals surface area contributed by atoms with Crippen molar-refractivity contribution in [2.24, 2.45) is 0 Å². The Hall–Kier alpha value is -0.320. The Morgan fingerprint density at radius 1 is 1.64 bits per heavy atom. The number of fused-ring (bicyclic) bond motifs is 2. The van der Waals surface area contributed by atoms with Crippen LogP contribution in [0.1, 0.15) is 6.42 Å². The third-order valence-electron chi connectivity index (χ3n) is 1.89. The van der Waals surface area contributed by atoms with Gasteiger partial charge in [-0.15, -0.1) is 11.6 Å². The summed E-state index contributed by atoms with van der Waals surface area (Å²) in [6.45, 7) is 0. The Morgan fingerprint density at radius 3 is 3.09 bits per heavy atom. The minimum atomic E-state index is -1.16. The second-order valence-electron chi connectivity index (χ2n) is 2.68. The van der Waals surface area contributed by atoms with Gasteiger partial charge in [-0.1, -0.05) is 0 Å². The molecule has 0 spiro atoms. The van der Waals surface area contributed by atoms with Crippen LogP contribution < -0.4 is 0 Å². The van der Waals surface area contributed by atoms with Gasteiger partial charge in [0.1, 0.15) is 6.10 Å². The fourth-order valence-corrected chi connectivity index (χ4v) is 1.57. The summed E-state index contributed by atoms with van der Waals surface area (Å²) in [5, 5.41) is 8.81. The van der Waals surface area contributed by atoms with Crippen molar-refractivity contribution < 1.29 is 19.4 Å². The van der Waals surface area contributed by atoms with Gasteiger partial charge >= 0.3 is 5.97 Å². The molecule has 4 nitrogen and oxygen atoms in total. The summed E-state index contributed by atoms with van der Waals surface area (Å²) >= 11 is 5.73. The van der Waals surface area contributed by atoms with Gasteiger partial charge < -0.3 is 14.6 Å². The lowest BCUT2D eigenvalue weighted by molar-refractivity contribution is -0.217. The van der Waals surface area contributed by atoms with Crippen LogP contribution in [-0.2, 0) is 14.3 Å². The zero-order valence-corrected chi connectivity index (χ0v) is 6.32. The molecule has 0 aromatic heterocycles. The summed E-state index contributed by atoms with van der Waals surface area (Å²) in [5.74, 6) is -0.630. The highest BCUT2D eigenvalue weighted by atomic mass is 35.5. The predicted octanol–water partition coefficient (Wildman–Crippen LogP) is -0.373. The summed E-state index contributed by atoms with van der Waals surface area (Å²) in [7, 11) is 0. The van der Waals surface area contributed by atoms with Crippen LogP contribution in [0.4, 0.5) is 0 Å². The summed E-state index contributed by atoms with van der Waals surface area (Å²) < 4.78 is 9.73. The number of esters is 1. The first-order valence-corrected chi connectivity index (χ1v) is 3.80. The summed E-state index contributed by atoms with van der Waals surface area (Å²) in [5.41, 5.74) is 0. The maximum Gasteiger partial charge on any atom is 0.340 e. The highest BCUT2D eigenvalue weighted by Gasteiger charge is 2.48. The second-order valence-corrected chi connectivity index (χ2v) is 3.24. The van der Waals surface area contributed by atoms with Crippen molar-refractivity contribution in [2.75, 3.05) is 0 Å². The van der Waals surface area contributed by atoms with E-state index in [1.807, 2.05) is 0 Å². The molecule has 62 valence electrons. The lowest BCUT2D eigenvalue weighted by Crippen LogP contribution is -2.42. The highest BCUT2D eigenvalue weighted by molar-refractivity contribution is 6.21. The first-order chi connectivity index (χ1) is 5.18. The number of halogens is 1. The van der Waals surface area contributed by atoms with Crippen LogP contribution in [0.15, 0.2) is 0 Å². The molecule has 0 aromatic carbocycles. The van der Waals surface area contributed by atoms with Crippen LogP contribution in [0.2, 0.25) is 0 Å². The summed E-state index contributed by atoms with van der Waals surface area (Å²) in [6.07, 6.45) is -1.81. The van der Waals surface area contributed by atoms with E-state index in [2.05, 4.69) is 4.74 Å². The van der Waals surface area contributed by atoms with Gasteiger partial charge in [-0.3, -0.25) is 0 Å². The number of carbonyl (C=O) groups excluding carboxylic acids is 1. The molecular weight excluding hydrogens is 172 g/mol. The highest BCUT2D eigenvalue weighted by Crippen LogP contribution is 2.32. The average Bonchev–Trinajstić information content (AvgIpc) is 2.26. The topological polar surface area (TPSA) is 55.8 Å². The van der Waals surface area contributed by atoms with E-state index in [9.17, 15) is 4.79 Å². The van der Waals surface area contributed by atoms with E-state index in [0.29, 0.717) is 6.42 Å². The van der Waals surface area contributed by atoms with Crippen LogP contribution in [0.3, 0.4) is 0 Å². The van der Waals surface area contributed by atoms with E-state index in [1.54, 1.807) is 0 Å². The lowest BCUT2D eigenvalue weighted by Gasteiger charge is -2.24. The van der Waals surface area contributed by atoms with Gasteiger partial charge in [0.15, 0.2) is 6.10 Å². The first-order valence-electron chi connectivity index (χ1n) is 3.36. The van der Waals surface area contributed by atoms with Gasteiger partial charge in [0.25, 0.3) is 0 Å². The molecule has 2 rings (SSSR count).